The number of nitrogens with one attached hydrogen (secondary N) is 1. The van der Waals surface area contributed by atoms with Crippen LogP contribution in [0, 0.1) is 0 Å². The molecule has 1 unspecified atom stereocenters. The number of rotatable bonds is 7. The summed E-state index contributed by atoms with van der Waals surface area (Å²) in [5, 5.41) is 2.73. The number of hydrogen-bond acceptors (Lipinski definition) is 4. The molecule has 24 heavy (non-hydrogen) atoms. The Balaban J connectivity index is 2.02. The summed E-state index contributed by atoms with van der Waals surface area (Å²) in [5.41, 5.74) is 1.77. The summed E-state index contributed by atoms with van der Waals surface area (Å²) >= 11 is 0. The van der Waals surface area contributed by atoms with Crippen LogP contribution in [0.2, 0.25) is 0 Å². The predicted octanol–water partition coefficient (Wildman–Crippen LogP) is 3.45. The molecular weight excluding hydrogens is 306 g/mol. The van der Waals surface area contributed by atoms with Crippen LogP contribution >= 0.6 is 0 Å². The largest absolute Gasteiger partial charge is 0.440 e. The second-order valence-electron chi connectivity index (χ2n) is 5.33. The van der Waals surface area contributed by atoms with Gasteiger partial charge in [-0.25, -0.2) is 4.79 Å². The number of ether oxygens (including phenoxy) is 3. The molecule has 0 aromatic heterocycles. The molecule has 0 saturated heterocycles. The maximum absolute atomic E-state index is 12.1. The van der Waals surface area contributed by atoms with E-state index in [-0.39, 0.29) is 0 Å². The molecule has 5 nitrogen and oxygen atoms in total. The van der Waals surface area contributed by atoms with Crippen molar-refractivity contribution in [3.63, 3.8) is 0 Å². The lowest BCUT2D eigenvalue weighted by Gasteiger charge is -2.35. The second-order valence-corrected chi connectivity index (χ2v) is 5.33. The molecule has 0 aliphatic carbocycles. The summed E-state index contributed by atoms with van der Waals surface area (Å²) in [7, 11) is 3.05. The number of methoxy groups -OCH3 is 2. The van der Waals surface area contributed by atoms with Gasteiger partial charge in [-0.05, 0) is 12.5 Å². The van der Waals surface area contributed by atoms with Crippen molar-refractivity contribution in [1.29, 1.82) is 0 Å². The Bertz CT molecular complexity index is 626. The Labute approximate surface area is 142 Å². The van der Waals surface area contributed by atoms with Crippen LogP contribution < -0.4 is 5.32 Å². The predicted molar refractivity (Wildman–Crippen MR) is 91.4 cm³/mol. The van der Waals surface area contributed by atoms with E-state index in [2.05, 4.69) is 5.32 Å². The van der Waals surface area contributed by atoms with Gasteiger partial charge < -0.3 is 19.5 Å². The molecule has 0 aliphatic rings. The molecule has 0 bridgehead atoms. The molecule has 0 heterocycles. The van der Waals surface area contributed by atoms with Gasteiger partial charge in [-0.3, -0.25) is 0 Å². The summed E-state index contributed by atoms with van der Waals surface area (Å²) < 4.78 is 16.6. The summed E-state index contributed by atoms with van der Waals surface area (Å²) in [6, 6.07) is 19.0. The molecule has 2 aromatic rings. The monoisotopic (exact) mass is 329 g/mol. The van der Waals surface area contributed by atoms with Gasteiger partial charge in [0.25, 0.3) is 0 Å². The molecule has 0 aliphatic heterocycles. The highest BCUT2D eigenvalue weighted by molar-refractivity contribution is 5.67. The molecule has 2 aromatic carbocycles. The fourth-order valence-corrected chi connectivity index (χ4v) is 2.61. The van der Waals surface area contributed by atoms with Crippen LogP contribution in [0.3, 0.4) is 0 Å². The molecule has 5 heteroatoms. The summed E-state index contributed by atoms with van der Waals surface area (Å²) in [6.45, 7) is 2.13. The molecule has 1 amide bonds. The van der Waals surface area contributed by atoms with E-state index in [9.17, 15) is 4.79 Å². The van der Waals surface area contributed by atoms with Crippen LogP contribution in [0.5, 0.6) is 0 Å². The van der Waals surface area contributed by atoms with Crippen LogP contribution in [-0.2, 0) is 26.5 Å². The molecule has 0 radical (unpaired) electrons. The van der Waals surface area contributed by atoms with Crippen molar-refractivity contribution in [1.82, 2.24) is 5.32 Å². The van der Waals surface area contributed by atoms with Crippen molar-refractivity contribution in [3.8, 4) is 0 Å². The Kier molecular flexibility index (Phi) is 6.35. The number of hydrogen-bond donors (Lipinski definition) is 1. The van der Waals surface area contributed by atoms with Crippen LogP contribution in [0.1, 0.15) is 18.1 Å². The highest BCUT2D eigenvalue weighted by Crippen LogP contribution is 2.31. The molecule has 128 valence electrons. The van der Waals surface area contributed by atoms with E-state index in [1.165, 1.54) is 14.2 Å². The molecule has 0 saturated carbocycles. The lowest BCUT2D eigenvalue weighted by Crippen LogP contribution is -2.45. The van der Waals surface area contributed by atoms with Crippen molar-refractivity contribution in [2.24, 2.45) is 0 Å². The van der Waals surface area contributed by atoms with E-state index in [0.29, 0.717) is 6.54 Å². The number of carbonyl (C=O) groups excluding carboxylic acids is 1. The summed E-state index contributed by atoms with van der Waals surface area (Å²) in [4.78, 5) is 12.1. The third-order valence-corrected chi connectivity index (χ3v) is 3.88. The molecule has 1 N–H and O–H groups in total. The van der Waals surface area contributed by atoms with Crippen molar-refractivity contribution in [2.45, 2.75) is 25.4 Å². The van der Waals surface area contributed by atoms with E-state index < -0.39 is 18.0 Å². The third kappa shape index (κ3) is 4.13. The lowest BCUT2D eigenvalue weighted by atomic mass is 10.0. The fraction of sp³-hybridized carbons (Fsp3) is 0.316. The molecule has 1 atom stereocenters. The van der Waals surface area contributed by atoms with Gasteiger partial charge in [0.2, 0.25) is 5.79 Å². The van der Waals surface area contributed by atoms with Crippen LogP contribution in [0.15, 0.2) is 60.7 Å². The van der Waals surface area contributed by atoms with Crippen molar-refractivity contribution in [3.05, 3.63) is 71.8 Å². The fourth-order valence-electron chi connectivity index (χ4n) is 2.61. The first-order valence-electron chi connectivity index (χ1n) is 7.76. The van der Waals surface area contributed by atoms with Gasteiger partial charge in [0.1, 0.15) is 0 Å². The quantitative estimate of drug-likeness (QED) is 0.791. The average molecular weight is 329 g/mol. The van der Waals surface area contributed by atoms with Gasteiger partial charge in [0.15, 0.2) is 6.10 Å². The molecule has 0 fully saturated rings. The normalized spacial score (nSPS) is 12.5. The Hall–Kier alpha value is -2.37. The van der Waals surface area contributed by atoms with Gasteiger partial charge in [0.05, 0.1) is 0 Å². The highest BCUT2D eigenvalue weighted by Gasteiger charge is 2.41. The van der Waals surface area contributed by atoms with Crippen LogP contribution in [0.4, 0.5) is 4.79 Å². The van der Waals surface area contributed by atoms with E-state index in [4.69, 9.17) is 14.2 Å². The maximum Gasteiger partial charge on any atom is 0.407 e. The highest BCUT2D eigenvalue weighted by atomic mass is 16.7. The second kappa shape index (κ2) is 8.47. The van der Waals surface area contributed by atoms with Crippen LogP contribution in [-0.4, -0.2) is 26.4 Å². The first-order chi connectivity index (χ1) is 11.6. The maximum atomic E-state index is 12.1. The zero-order valence-corrected chi connectivity index (χ0v) is 14.2. The SMILES string of the molecule is COC(OC)(c1ccccc1)C(C)OC(=O)NCc1ccccc1. The summed E-state index contributed by atoms with van der Waals surface area (Å²) in [6.07, 6.45) is -1.17. The lowest BCUT2D eigenvalue weighted by molar-refractivity contribution is -0.263. The number of benzene rings is 2. The smallest absolute Gasteiger partial charge is 0.407 e. The van der Waals surface area contributed by atoms with Crippen molar-refractivity contribution >= 4 is 6.09 Å². The molecule has 0 spiro atoms. The zero-order valence-electron chi connectivity index (χ0n) is 14.2. The first-order valence-corrected chi connectivity index (χ1v) is 7.76. The van der Waals surface area contributed by atoms with E-state index in [0.717, 1.165) is 11.1 Å². The van der Waals surface area contributed by atoms with Gasteiger partial charge in [0, 0.05) is 26.3 Å². The van der Waals surface area contributed by atoms with Gasteiger partial charge in [-0.15, -0.1) is 0 Å². The van der Waals surface area contributed by atoms with Gasteiger partial charge in [-0.2, -0.15) is 0 Å². The molecular formula is C19H23NO4. The zero-order chi connectivity index (χ0) is 17.4. The van der Waals surface area contributed by atoms with E-state index >= 15 is 0 Å². The first kappa shape index (κ1) is 18.0. The Morgan fingerprint density at radius 3 is 2.08 bits per heavy atom. The number of alkyl carbamates (subject to hydrolysis) is 1. The minimum absolute atomic E-state index is 0.394. The summed E-state index contributed by atoms with van der Waals surface area (Å²) in [5.74, 6) is -1.16. The average Bonchev–Trinajstić information content (AvgIpc) is 2.63. The Morgan fingerprint density at radius 2 is 1.54 bits per heavy atom. The van der Waals surface area contributed by atoms with E-state index in [1.54, 1.807) is 6.92 Å². The minimum atomic E-state index is -1.16. The number of amides is 1. The standard InChI is InChI=1S/C19H23NO4/c1-15(19(22-2,23-3)17-12-8-5-9-13-17)24-18(21)20-14-16-10-6-4-7-11-16/h4-13,15H,14H2,1-3H3,(H,20,21). The minimum Gasteiger partial charge on any atom is -0.440 e. The third-order valence-electron chi connectivity index (χ3n) is 3.88. The molecule has 2 rings (SSSR count). The Morgan fingerprint density at radius 1 is 1.00 bits per heavy atom. The topological polar surface area (TPSA) is 56.8 Å². The van der Waals surface area contributed by atoms with Gasteiger partial charge in [-0.1, -0.05) is 60.7 Å². The van der Waals surface area contributed by atoms with E-state index in [1.807, 2.05) is 60.7 Å². The van der Waals surface area contributed by atoms with Crippen molar-refractivity contribution < 1.29 is 19.0 Å². The van der Waals surface area contributed by atoms with Gasteiger partial charge >= 0.3 is 6.09 Å². The van der Waals surface area contributed by atoms with Crippen LogP contribution in [0.25, 0.3) is 0 Å². The number of carbonyl (C=O) groups is 1. The van der Waals surface area contributed by atoms with Crippen molar-refractivity contribution in [2.75, 3.05) is 14.2 Å².